The van der Waals surface area contributed by atoms with E-state index in [4.69, 9.17) is 5.11 Å². The summed E-state index contributed by atoms with van der Waals surface area (Å²) < 4.78 is 0. The van der Waals surface area contributed by atoms with Crippen molar-refractivity contribution in [3.63, 3.8) is 0 Å². The minimum absolute atomic E-state index is 0.134. The van der Waals surface area contributed by atoms with Crippen LogP contribution in [-0.2, 0) is 11.3 Å². The zero-order valence-electron chi connectivity index (χ0n) is 10.7. The number of rotatable bonds is 5. The Hall–Kier alpha value is -1.51. The number of hydrogen-bond acceptors (Lipinski definition) is 2. The van der Waals surface area contributed by atoms with Gasteiger partial charge in [-0.15, -0.1) is 0 Å². The first kappa shape index (κ1) is 12.9. The molecule has 0 unspecified atom stereocenters. The normalized spacial score (nSPS) is 15.8. The molecule has 0 saturated heterocycles. The Morgan fingerprint density at radius 1 is 1.22 bits per heavy atom. The van der Waals surface area contributed by atoms with Gasteiger partial charge in [-0.2, -0.15) is 0 Å². The fourth-order valence-electron chi connectivity index (χ4n) is 2.54. The van der Waals surface area contributed by atoms with Crippen molar-refractivity contribution in [2.75, 3.05) is 0 Å². The van der Waals surface area contributed by atoms with Crippen LogP contribution in [0.4, 0.5) is 0 Å². The summed E-state index contributed by atoms with van der Waals surface area (Å²) in [5.41, 5.74) is 1.02. The lowest BCUT2D eigenvalue weighted by molar-refractivity contribution is -0.121. The highest BCUT2D eigenvalue weighted by Gasteiger charge is 2.15. The molecule has 3 nitrogen and oxygen atoms in total. The van der Waals surface area contributed by atoms with Gasteiger partial charge >= 0.3 is 0 Å². The third kappa shape index (κ3) is 4.06. The van der Waals surface area contributed by atoms with Crippen LogP contribution >= 0.6 is 0 Å². The number of nitrogens with one attached hydrogen (secondary N) is 1. The van der Waals surface area contributed by atoms with Crippen molar-refractivity contribution in [2.45, 2.75) is 45.1 Å². The van der Waals surface area contributed by atoms with Crippen molar-refractivity contribution in [3.05, 3.63) is 29.8 Å². The quantitative estimate of drug-likeness (QED) is 0.840. The Labute approximate surface area is 108 Å². The van der Waals surface area contributed by atoms with Crippen LogP contribution in [0.1, 0.15) is 44.1 Å². The van der Waals surface area contributed by atoms with Crippen LogP contribution in [0.25, 0.3) is 0 Å². The molecule has 1 aliphatic carbocycles. The predicted octanol–water partition coefficient (Wildman–Crippen LogP) is 2.98. The molecule has 0 spiro atoms. The minimum atomic E-state index is 0.134. The zero-order chi connectivity index (χ0) is 12.8. The highest BCUT2D eigenvalue weighted by molar-refractivity contribution is 5.75. The molecule has 1 aliphatic rings. The van der Waals surface area contributed by atoms with Gasteiger partial charge in [0.25, 0.3) is 0 Å². The molecule has 18 heavy (non-hydrogen) atoms. The summed E-state index contributed by atoms with van der Waals surface area (Å²) >= 11 is 0. The van der Waals surface area contributed by atoms with Gasteiger partial charge in [-0.05, 0) is 30.0 Å². The maximum atomic E-state index is 11.7. The van der Waals surface area contributed by atoms with Crippen LogP contribution in [0.5, 0.6) is 5.75 Å². The van der Waals surface area contributed by atoms with Gasteiger partial charge in [-0.3, -0.25) is 4.79 Å². The lowest BCUT2D eigenvalue weighted by Gasteiger charge is -2.09. The molecular weight excluding hydrogens is 226 g/mol. The second-order valence-electron chi connectivity index (χ2n) is 5.13. The summed E-state index contributed by atoms with van der Waals surface area (Å²) in [5.74, 6) is 1.16. The number of amides is 1. The molecule has 2 rings (SSSR count). The van der Waals surface area contributed by atoms with Gasteiger partial charge in [0, 0.05) is 13.0 Å². The first-order chi connectivity index (χ1) is 8.74. The van der Waals surface area contributed by atoms with Crippen LogP contribution in [0.3, 0.4) is 0 Å². The van der Waals surface area contributed by atoms with Gasteiger partial charge in [-0.25, -0.2) is 0 Å². The number of aromatic hydroxyl groups is 1. The van der Waals surface area contributed by atoms with Crippen LogP contribution < -0.4 is 5.32 Å². The number of carbonyl (C=O) groups excluding carboxylic acids is 1. The van der Waals surface area contributed by atoms with Gasteiger partial charge in [0.1, 0.15) is 5.75 Å². The standard InChI is InChI=1S/C15H21NO2/c17-14-8-5-13(6-9-14)11-16-15(18)10-7-12-3-1-2-4-12/h5-6,8-9,12,17H,1-4,7,10-11H2,(H,16,18). The lowest BCUT2D eigenvalue weighted by Crippen LogP contribution is -2.22. The van der Waals surface area contributed by atoms with Crippen LogP contribution in [0, 0.1) is 5.92 Å². The van der Waals surface area contributed by atoms with Gasteiger partial charge in [0.2, 0.25) is 5.91 Å². The molecule has 1 amide bonds. The van der Waals surface area contributed by atoms with E-state index in [2.05, 4.69) is 5.32 Å². The molecule has 2 N–H and O–H groups in total. The van der Waals surface area contributed by atoms with Gasteiger partial charge < -0.3 is 10.4 Å². The first-order valence-corrected chi connectivity index (χ1v) is 6.78. The average molecular weight is 247 g/mol. The van der Waals surface area contributed by atoms with Crippen LogP contribution in [-0.4, -0.2) is 11.0 Å². The molecule has 3 heteroatoms. The van der Waals surface area contributed by atoms with E-state index in [9.17, 15) is 4.79 Å². The molecular formula is C15H21NO2. The SMILES string of the molecule is O=C(CCC1CCCC1)NCc1ccc(O)cc1. The number of carbonyl (C=O) groups is 1. The van der Waals surface area contributed by atoms with Crippen molar-refractivity contribution in [2.24, 2.45) is 5.92 Å². The summed E-state index contributed by atoms with van der Waals surface area (Å²) in [6.07, 6.45) is 6.93. The number of benzene rings is 1. The molecule has 1 aromatic rings. The molecule has 0 aromatic heterocycles. The summed E-state index contributed by atoms with van der Waals surface area (Å²) in [6.45, 7) is 0.545. The first-order valence-electron chi connectivity index (χ1n) is 6.78. The van der Waals surface area contributed by atoms with Crippen LogP contribution in [0.2, 0.25) is 0 Å². The van der Waals surface area contributed by atoms with E-state index in [0.29, 0.717) is 13.0 Å². The van der Waals surface area contributed by atoms with Crippen molar-refractivity contribution < 1.29 is 9.90 Å². The Morgan fingerprint density at radius 3 is 2.56 bits per heavy atom. The average Bonchev–Trinajstić information content (AvgIpc) is 2.89. The highest BCUT2D eigenvalue weighted by atomic mass is 16.3. The van der Waals surface area contributed by atoms with Crippen molar-refractivity contribution in [1.29, 1.82) is 0 Å². The molecule has 98 valence electrons. The maximum Gasteiger partial charge on any atom is 0.220 e. The van der Waals surface area contributed by atoms with E-state index in [-0.39, 0.29) is 11.7 Å². The molecule has 0 heterocycles. The highest BCUT2D eigenvalue weighted by Crippen LogP contribution is 2.28. The van der Waals surface area contributed by atoms with E-state index in [1.807, 2.05) is 12.1 Å². The van der Waals surface area contributed by atoms with Gasteiger partial charge in [-0.1, -0.05) is 37.8 Å². The monoisotopic (exact) mass is 247 g/mol. The smallest absolute Gasteiger partial charge is 0.220 e. The zero-order valence-corrected chi connectivity index (χ0v) is 10.7. The molecule has 0 bridgehead atoms. The van der Waals surface area contributed by atoms with Gasteiger partial charge in [0.05, 0.1) is 0 Å². The topological polar surface area (TPSA) is 49.3 Å². The summed E-state index contributed by atoms with van der Waals surface area (Å²) in [4.78, 5) is 11.7. The van der Waals surface area contributed by atoms with E-state index in [0.717, 1.165) is 17.9 Å². The maximum absolute atomic E-state index is 11.7. The largest absolute Gasteiger partial charge is 0.508 e. The number of phenolic OH excluding ortho intramolecular Hbond substituents is 1. The molecule has 1 aromatic carbocycles. The fourth-order valence-corrected chi connectivity index (χ4v) is 2.54. The third-order valence-corrected chi connectivity index (χ3v) is 3.68. The Bertz CT molecular complexity index is 380. The van der Waals surface area contributed by atoms with E-state index < -0.39 is 0 Å². The van der Waals surface area contributed by atoms with Crippen molar-refractivity contribution >= 4 is 5.91 Å². The fraction of sp³-hybridized carbons (Fsp3) is 0.533. The Balaban J connectivity index is 1.66. The molecule has 0 radical (unpaired) electrons. The van der Waals surface area contributed by atoms with Crippen LogP contribution in [0.15, 0.2) is 24.3 Å². The molecule has 1 fully saturated rings. The van der Waals surface area contributed by atoms with E-state index in [1.165, 1.54) is 25.7 Å². The molecule has 0 atom stereocenters. The second kappa shape index (κ2) is 6.43. The summed E-state index contributed by atoms with van der Waals surface area (Å²) in [5, 5.41) is 12.1. The molecule has 1 saturated carbocycles. The number of phenols is 1. The summed E-state index contributed by atoms with van der Waals surface area (Å²) in [7, 11) is 0. The van der Waals surface area contributed by atoms with Crippen molar-refractivity contribution in [1.82, 2.24) is 5.32 Å². The Kier molecular flexibility index (Phi) is 4.62. The third-order valence-electron chi connectivity index (χ3n) is 3.68. The second-order valence-corrected chi connectivity index (χ2v) is 5.13. The Morgan fingerprint density at radius 2 is 1.89 bits per heavy atom. The van der Waals surface area contributed by atoms with Gasteiger partial charge in [0.15, 0.2) is 0 Å². The van der Waals surface area contributed by atoms with Crippen molar-refractivity contribution in [3.8, 4) is 5.75 Å². The minimum Gasteiger partial charge on any atom is -0.508 e. The number of hydrogen-bond donors (Lipinski definition) is 2. The van der Waals surface area contributed by atoms with E-state index >= 15 is 0 Å². The predicted molar refractivity (Wildman–Crippen MR) is 71.1 cm³/mol. The summed E-state index contributed by atoms with van der Waals surface area (Å²) in [6, 6.07) is 6.93. The lowest BCUT2D eigenvalue weighted by atomic mass is 10.0. The van der Waals surface area contributed by atoms with E-state index in [1.54, 1.807) is 12.1 Å². The molecule has 0 aliphatic heterocycles.